The van der Waals surface area contributed by atoms with E-state index in [0.29, 0.717) is 17.2 Å². The maximum absolute atomic E-state index is 11.8. The molecule has 0 radical (unpaired) electrons. The average Bonchev–Trinajstić information content (AvgIpc) is 2.58. The lowest BCUT2D eigenvalue weighted by atomic mass is 10.0. The van der Waals surface area contributed by atoms with E-state index in [9.17, 15) is 4.79 Å². The molecule has 1 aliphatic heterocycles. The van der Waals surface area contributed by atoms with E-state index in [4.69, 9.17) is 16.3 Å². The fraction of sp³-hybridized carbons (Fsp3) is 0.417. The van der Waals surface area contributed by atoms with Crippen LogP contribution in [-0.2, 0) is 4.79 Å². The van der Waals surface area contributed by atoms with Crippen LogP contribution in [0.2, 0.25) is 5.02 Å². The summed E-state index contributed by atoms with van der Waals surface area (Å²) in [5.74, 6) is 0.833. The molecule has 1 unspecified atom stereocenters. The predicted octanol–water partition coefficient (Wildman–Crippen LogP) is 2.29. The zero-order valence-corrected chi connectivity index (χ0v) is 10.1. The number of likely N-dealkylation sites (tertiary alicyclic amines) is 1. The van der Waals surface area contributed by atoms with Crippen LogP contribution in [-0.4, -0.2) is 31.4 Å². The summed E-state index contributed by atoms with van der Waals surface area (Å²) in [5.41, 5.74) is 0.861. The number of hydrogen-bond acceptors (Lipinski definition) is 3. The molecule has 0 bridgehead atoms. The maximum atomic E-state index is 11.8. The molecule has 0 aliphatic carbocycles. The number of Topliss-reactive ketones (excluding diaryl/α,β-unsaturated/α-hetero) is 1. The maximum Gasteiger partial charge on any atom is 0.155 e. The van der Waals surface area contributed by atoms with Gasteiger partial charge in [0.1, 0.15) is 5.75 Å². The Kier molecular flexibility index (Phi) is 3.17. The summed E-state index contributed by atoms with van der Waals surface area (Å²) in [6.45, 7) is 0.791. The summed E-state index contributed by atoms with van der Waals surface area (Å²) >= 11 is 6.05. The highest BCUT2D eigenvalue weighted by Gasteiger charge is 2.33. The lowest BCUT2D eigenvalue weighted by Crippen LogP contribution is -2.21. The first-order chi connectivity index (χ1) is 7.65. The Morgan fingerprint density at radius 3 is 2.81 bits per heavy atom. The van der Waals surface area contributed by atoms with Gasteiger partial charge in [-0.3, -0.25) is 9.69 Å². The van der Waals surface area contributed by atoms with Gasteiger partial charge in [-0.25, -0.2) is 0 Å². The number of ketones is 1. The van der Waals surface area contributed by atoms with Crippen LogP contribution in [0.25, 0.3) is 0 Å². The Balaban J connectivity index is 2.47. The smallest absolute Gasteiger partial charge is 0.155 e. The topological polar surface area (TPSA) is 29.5 Å². The van der Waals surface area contributed by atoms with E-state index in [1.807, 2.05) is 24.1 Å². The molecular formula is C12H14ClNO2. The molecule has 2 rings (SSSR count). The fourth-order valence-corrected chi connectivity index (χ4v) is 2.42. The van der Waals surface area contributed by atoms with Gasteiger partial charge in [0, 0.05) is 18.5 Å². The van der Waals surface area contributed by atoms with Crippen LogP contribution in [0.3, 0.4) is 0 Å². The minimum absolute atomic E-state index is 0.214. The van der Waals surface area contributed by atoms with Crippen molar-refractivity contribution in [2.45, 2.75) is 12.5 Å². The van der Waals surface area contributed by atoms with Crippen LogP contribution in [0.5, 0.6) is 5.75 Å². The Hall–Kier alpha value is -1.06. The zero-order valence-electron chi connectivity index (χ0n) is 9.37. The third-order valence-corrected chi connectivity index (χ3v) is 3.25. The molecule has 1 aromatic carbocycles. The van der Waals surface area contributed by atoms with Crippen LogP contribution in [0.4, 0.5) is 0 Å². The van der Waals surface area contributed by atoms with Crippen molar-refractivity contribution in [3.8, 4) is 5.75 Å². The number of hydrogen-bond donors (Lipinski definition) is 0. The highest BCUT2D eigenvalue weighted by molar-refractivity contribution is 6.32. The summed E-state index contributed by atoms with van der Waals surface area (Å²) in [5, 5.41) is 0.549. The van der Waals surface area contributed by atoms with Crippen LogP contribution >= 0.6 is 11.6 Å². The highest BCUT2D eigenvalue weighted by Crippen LogP contribution is 2.37. The summed E-state index contributed by atoms with van der Waals surface area (Å²) in [6, 6.07) is 5.30. The number of likely N-dealkylation sites (N-methyl/N-ethyl adjacent to an activating group) is 1. The molecule has 3 nitrogen and oxygen atoms in total. The van der Waals surface area contributed by atoms with Crippen LogP contribution < -0.4 is 4.74 Å². The van der Waals surface area contributed by atoms with Gasteiger partial charge < -0.3 is 4.74 Å². The minimum atomic E-state index is -0.214. The van der Waals surface area contributed by atoms with Crippen molar-refractivity contribution in [2.75, 3.05) is 20.7 Å². The molecule has 0 aromatic heterocycles. The molecule has 1 fully saturated rings. The number of carbonyl (C=O) groups excluding carboxylic acids is 1. The van der Waals surface area contributed by atoms with Gasteiger partial charge in [-0.1, -0.05) is 23.7 Å². The number of methoxy groups -OCH3 is 1. The minimum Gasteiger partial charge on any atom is -0.495 e. The number of para-hydroxylation sites is 1. The van der Waals surface area contributed by atoms with Crippen molar-refractivity contribution in [3.63, 3.8) is 0 Å². The van der Waals surface area contributed by atoms with Crippen molar-refractivity contribution in [2.24, 2.45) is 0 Å². The van der Waals surface area contributed by atoms with Crippen LogP contribution in [0, 0.1) is 0 Å². The molecule has 0 spiro atoms. The van der Waals surface area contributed by atoms with Gasteiger partial charge in [0.05, 0.1) is 18.2 Å². The van der Waals surface area contributed by atoms with Crippen molar-refractivity contribution in [3.05, 3.63) is 28.8 Å². The lowest BCUT2D eigenvalue weighted by Gasteiger charge is -2.21. The number of rotatable bonds is 2. The number of carbonyl (C=O) groups is 1. The van der Waals surface area contributed by atoms with Crippen LogP contribution in [0.1, 0.15) is 18.0 Å². The molecule has 1 aliphatic rings. The van der Waals surface area contributed by atoms with Gasteiger partial charge in [-0.2, -0.15) is 0 Å². The third kappa shape index (κ3) is 1.81. The first-order valence-corrected chi connectivity index (χ1v) is 5.58. The molecule has 86 valence electrons. The van der Waals surface area contributed by atoms with Crippen molar-refractivity contribution >= 4 is 17.4 Å². The number of halogens is 1. The van der Waals surface area contributed by atoms with E-state index in [-0.39, 0.29) is 11.8 Å². The van der Waals surface area contributed by atoms with Gasteiger partial charge in [0.25, 0.3) is 0 Å². The molecular weight excluding hydrogens is 226 g/mol. The lowest BCUT2D eigenvalue weighted by molar-refractivity contribution is -0.119. The van der Waals surface area contributed by atoms with Crippen molar-refractivity contribution < 1.29 is 9.53 Å². The number of benzene rings is 1. The summed E-state index contributed by atoms with van der Waals surface area (Å²) in [6.07, 6.45) is 0.594. The van der Waals surface area contributed by atoms with E-state index in [1.54, 1.807) is 13.2 Å². The monoisotopic (exact) mass is 239 g/mol. The van der Waals surface area contributed by atoms with Gasteiger partial charge in [-0.15, -0.1) is 0 Å². The second kappa shape index (κ2) is 4.44. The first-order valence-electron chi connectivity index (χ1n) is 5.20. The second-order valence-corrected chi connectivity index (χ2v) is 4.37. The summed E-state index contributed by atoms with van der Waals surface area (Å²) in [7, 11) is 3.51. The second-order valence-electron chi connectivity index (χ2n) is 3.96. The van der Waals surface area contributed by atoms with E-state index in [2.05, 4.69) is 0 Å². The summed E-state index contributed by atoms with van der Waals surface area (Å²) in [4.78, 5) is 13.8. The van der Waals surface area contributed by atoms with Crippen molar-refractivity contribution in [1.82, 2.24) is 4.90 Å². The van der Waals surface area contributed by atoms with Gasteiger partial charge in [-0.05, 0) is 13.1 Å². The van der Waals surface area contributed by atoms with Crippen molar-refractivity contribution in [1.29, 1.82) is 0 Å². The quantitative estimate of drug-likeness (QED) is 0.793. The Morgan fingerprint density at radius 2 is 2.25 bits per heavy atom. The Labute approximate surface area is 100.0 Å². The molecule has 1 heterocycles. The van der Waals surface area contributed by atoms with Crippen LogP contribution in [0.15, 0.2) is 18.2 Å². The molecule has 1 saturated heterocycles. The van der Waals surface area contributed by atoms with Gasteiger partial charge in [0.2, 0.25) is 0 Å². The Morgan fingerprint density at radius 1 is 1.50 bits per heavy atom. The molecule has 0 saturated carbocycles. The molecule has 1 atom stereocenters. The standard InChI is InChI=1S/C12H14ClNO2/c1-14-7-6-10(15)11(14)8-4-3-5-9(13)12(8)16-2/h3-5,11H,6-7H2,1-2H3. The Bertz CT molecular complexity index is 419. The van der Waals surface area contributed by atoms with E-state index >= 15 is 0 Å². The largest absolute Gasteiger partial charge is 0.495 e. The fourth-order valence-electron chi connectivity index (χ4n) is 2.17. The molecule has 0 N–H and O–H groups in total. The first kappa shape index (κ1) is 11.4. The third-order valence-electron chi connectivity index (χ3n) is 2.95. The number of nitrogens with zero attached hydrogens (tertiary/aromatic N) is 1. The van der Waals surface area contributed by atoms with E-state index in [1.165, 1.54) is 0 Å². The van der Waals surface area contributed by atoms with Gasteiger partial charge in [0.15, 0.2) is 5.78 Å². The van der Waals surface area contributed by atoms with Gasteiger partial charge >= 0.3 is 0 Å². The highest BCUT2D eigenvalue weighted by atomic mass is 35.5. The summed E-state index contributed by atoms with van der Waals surface area (Å²) < 4.78 is 5.27. The number of ether oxygens (including phenoxy) is 1. The zero-order chi connectivity index (χ0) is 11.7. The predicted molar refractivity (Wildman–Crippen MR) is 63.0 cm³/mol. The normalized spacial score (nSPS) is 21.4. The SMILES string of the molecule is COc1c(Cl)cccc1C1C(=O)CCN1C. The molecule has 4 heteroatoms. The van der Waals surface area contributed by atoms with E-state index < -0.39 is 0 Å². The molecule has 1 aromatic rings. The molecule has 16 heavy (non-hydrogen) atoms. The average molecular weight is 240 g/mol. The molecule has 0 amide bonds. The van der Waals surface area contributed by atoms with E-state index in [0.717, 1.165) is 12.1 Å².